The molecule has 1 atom stereocenters. The van der Waals surface area contributed by atoms with Gasteiger partial charge in [0.15, 0.2) is 0 Å². The van der Waals surface area contributed by atoms with Gasteiger partial charge < -0.3 is 10.1 Å². The Hall–Kier alpha value is 0.500. The van der Waals surface area contributed by atoms with Gasteiger partial charge in [0, 0.05) is 19.0 Å². The van der Waals surface area contributed by atoms with Crippen molar-refractivity contribution in [2.24, 2.45) is 0 Å². The number of hydrogen-bond donors (Lipinski definition) is 1. The van der Waals surface area contributed by atoms with Crippen molar-refractivity contribution in [2.45, 2.75) is 6.10 Å². The monoisotopic (exact) mass is 171 g/mol. The summed E-state index contributed by atoms with van der Waals surface area (Å²) in [6.07, 6.45) is 0.241. The zero-order valence-electron chi connectivity index (χ0n) is 5.10. The number of halogens is 2. The van der Waals surface area contributed by atoms with Gasteiger partial charge in [0.2, 0.25) is 0 Å². The highest BCUT2D eigenvalue weighted by molar-refractivity contribution is 6.18. The van der Waals surface area contributed by atoms with Gasteiger partial charge >= 0.3 is 0 Å². The van der Waals surface area contributed by atoms with Crippen LogP contribution >= 0.6 is 24.0 Å². The van der Waals surface area contributed by atoms with Crippen LogP contribution in [0.2, 0.25) is 0 Å². The van der Waals surface area contributed by atoms with Gasteiger partial charge in [-0.05, 0) is 0 Å². The Bertz CT molecular complexity index is 66.0. The maximum Gasteiger partial charge on any atom is 0.0835 e. The summed E-state index contributed by atoms with van der Waals surface area (Å²) >= 11 is 5.52. The summed E-state index contributed by atoms with van der Waals surface area (Å²) in [5, 5.41) is 3.18. The first-order valence-corrected chi connectivity index (χ1v) is 3.35. The van der Waals surface area contributed by atoms with Crippen LogP contribution in [0.5, 0.6) is 0 Å². The Kier molecular flexibility index (Phi) is 5.59. The van der Waals surface area contributed by atoms with Gasteiger partial charge in [0.25, 0.3) is 0 Å². The molecule has 0 aromatic heterocycles. The third-order valence-corrected chi connectivity index (χ3v) is 1.52. The topological polar surface area (TPSA) is 21.3 Å². The van der Waals surface area contributed by atoms with Crippen LogP contribution in [0.4, 0.5) is 0 Å². The number of nitrogens with one attached hydrogen (secondary N) is 1. The van der Waals surface area contributed by atoms with Crippen LogP contribution in [-0.4, -0.2) is 31.7 Å². The molecule has 1 N–H and O–H groups in total. The molecule has 1 aliphatic rings. The second-order valence-electron chi connectivity index (χ2n) is 1.85. The molecule has 0 unspecified atom stereocenters. The SMILES string of the molecule is Cl.ClC[C@H]1CNCCO1. The van der Waals surface area contributed by atoms with E-state index in [0.717, 1.165) is 19.7 Å². The predicted octanol–water partition coefficient (Wildman–Crippen LogP) is 0.635. The highest BCUT2D eigenvalue weighted by Crippen LogP contribution is 1.96. The molecular formula is C5H11Cl2NO. The fourth-order valence-corrected chi connectivity index (χ4v) is 0.917. The van der Waals surface area contributed by atoms with Crippen molar-refractivity contribution in [1.82, 2.24) is 5.32 Å². The summed E-state index contributed by atoms with van der Waals surface area (Å²) in [7, 11) is 0. The number of alkyl halides is 1. The molecular weight excluding hydrogens is 161 g/mol. The lowest BCUT2D eigenvalue weighted by atomic mass is 10.3. The molecule has 9 heavy (non-hydrogen) atoms. The van der Waals surface area contributed by atoms with Gasteiger partial charge in [0.05, 0.1) is 12.7 Å². The molecule has 2 nitrogen and oxygen atoms in total. The smallest absolute Gasteiger partial charge is 0.0835 e. The second kappa shape index (κ2) is 5.30. The summed E-state index contributed by atoms with van der Waals surface area (Å²) in [4.78, 5) is 0. The lowest BCUT2D eigenvalue weighted by Gasteiger charge is -2.20. The Balaban J connectivity index is 0.000000640. The van der Waals surface area contributed by atoms with Gasteiger partial charge in [0.1, 0.15) is 0 Å². The molecule has 1 aliphatic heterocycles. The van der Waals surface area contributed by atoms with Crippen LogP contribution in [0.3, 0.4) is 0 Å². The molecule has 0 aliphatic carbocycles. The number of ether oxygens (including phenoxy) is 1. The number of morpholine rings is 1. The standard InChI is InChI=1S/C5H10ClNO.ClH/c6-3-5-4-7-1-2-8-5;/h5,7H,1-4H2;1H/t5-;/m0./s1. The summed E-state index contributed by atoms with van der Waals surface area (Å²) in [5.74, 6) is 0.604. The molecule has 1 rings (SSSR count). The normalized spacial score (nSPS) is 27.0. The van der Waals surface area contributed by atoms with Crippen LogP contribution in [0.1, 0.15) is 0 Å². The third kappa shape index (κ3) is 3.26. The molecule has 4 heteroatoms. The fraction of sp³-hybridized carbons (Fsp3) is 1.00. The molecule has 0 saturated carbocycles. The Labute approximate surface area is 66.3 Å². The predicted molar refractivity (Wildman–Crippen MR) is 40.6 cm³/mol. The first kappa shape index (κ1) is 9.50. The molecule has 1 fully saturated rings. The van der Waals surface area contributed by atoms with Crippen LogP contribution in [0, 0.1) is 0 Å². The van der Waals surface area contributed by atoms with Gasteiger partial charge in [-0.25, -0.2) is 0 Å². The van der Waals surface area contributed by atoms with Crippen molar-refractivity contribution in [3.63, 3.8) is 0 Å². The van der Waals surface area contributed by atoms with Crippen LogP contribution < -0.4 is 5.32 Å². The van der Waals surface area contributed by atoms with Crippen molar-refractivity contribution in [3.8, 4) is 0 Å². The largest absolute Gasteiger partial charge is 0.374 e. The Morgan fingerprint density at radius 3 is 2.78 bits per heavy atom. The van der Waals surface area contributed by atoms with Crippen molar-refractivity contribution in [2.75, 3.05) is 25.6 Å². The molecule has 1 saturated heterocycles. The van der Waals surface area contributed by atoms with E-state index in [1.807, 2.05) is 0 Å². The molecule has 0 amide bonds. The lowest BCUT2D eigenvalue weighted by molar-refractivity contribution is 0.0432. The van der Waals surface area contributed by atoms with Crippen LogP contribution in [-0.2, 0) is 4.74 Å². The Morgan fingerprint density at radius 1 is 1.67 bits per heavy atom. The van der Waals surface area contributed by atoms with Crippen LogP contribution in [0.15, 0.2) is 0 Å². The number of hydrogen-bond acceptors (Lipinski definition) is 2. The fourth-order valence-electron chi connectivity index (χ4n) is 0.719. The second-order valence-corrected chi connectivity index (χ2v) is 2.16. The summed E-state index contributed by atoms with van der Waals surface area (Å²) in [5.41, 5.74) is 0. The maximum absolute atomic E-state index is 5.52. The first-order chi connectivity index (χ1) is 3.93. The first-order valence-electron chi connectivity index (χ1n) is 2.82. The quantitative estimate of drug-likeness (QED) is 0.586. The molecule has 0 aromatic carbocycles. The van der Waals surface area contributed by atoms with Crippen molar-refractivity contribution >= 4 is 24.0 Å². The summed E-state index contributed by atoms with van der Waals surface area (Å²) in [6, 6.07) is 0. The minimum absolute atomic E-state index is 0. The maximum atomic E-state index is 5.52. The molecule has 0 aromatic rings. The summed E-state index contributed by atoms with van der Waals surface area (Å²) in [6.45, 7) is 2.67. The average Bonchev–Trinajstić information content (AvgIpc) is 1.90. The number of rotatable bonds is 1. The molecule has 1 heterocycles. The van der Waals surface area contributed by atoms with Gasteiger partial charge in [-0.2, -0.15) is 0 Å². The van der Waals surface area contributed by atoms with Crippen molar-refractivity contribution in [1.29, 1.82) is 0 Å². The van der Waals surface area contributed by atoms with E-state index in [9.17, 15) is 0 Å². The highest BCUT2D eigenvalue weighted by Gasteiger charge is 2.10. The molecule has 0 spiro atoms. The zero-order chi connectivity index (χ0) is 5.82. The minimum Gasteiger partial charge on any atom is -0.374 e. The minimum atomic E-state index is 0. The van der Waals surface area contributed by atoms with Crippen LogP contribution in [0.25, 0.3) is 0 Å². The van der Waals surface area contributed by atoms with E-state index < -0.39 is 0 Å². The van der Waals surface area contributed by atoms with Crippen molar-refractivity contribution < 1.29 is 4.74 Å². The lowest BCUT2D eigenvalue weighted by Crippen LogP contribution is -2.39. The highest BCUT2D eigenvalue weighted by atomic mass is 35.5. The summed E-state index contributed by atoms with van der Waals surface area (Å²) < 4.78 is 5.23. The van der Waals surface area contributed by atoms with Gasteiger partial charge in [-0.15, -0.1) is 24.0 Å². The zero-order valence-corrected chi connectivity index (χ0v) is 6.67. The average molecular weight is 172 g/mol. The molecule has 0 radical (unpaired) electrons. The van der Waals surface area contributed by atoms with Crippen molar-refractivity contribution in [3.05, 3.63) is 0 Å². The Morgan fingerprint density at radius 2 is 2.44 bits per heavy atom. The van der Waals surface area contributed by atoms with E-state index in [1.54, 1.807) is 0 Å². The van der Waals surface area contributed by atoms with E-state index in [4.69, 9.17) is 16.3 Å². The molecule has 0 bridgehead atoms. The van der Waals surface area contributed by atoms with E-state index in [2.05, 4.69) is 5.32 Å². The van der Waals surface area contributed by atoms with E-state index in [0.29, 0.717) is 5.88 Å². The van der Waals surface area contributed by atoms with Gasteiger partial charge in [-0.3, -0.25) is 0 Å². The van der Waals surface area contributed by atoms with E-state index in [1.165, 1.54) is 0 Å². The third-order valence-electron chi connectivity index (χ3n) is 1.18. The van der Waals surface area contributed by atoms with E-state index in [-0.39, 0.29) is 18.5 Å². The van der Waals surface area contributed by atoms with Gasteiger partial charge in [-0.1, -0.05) is 0 Å². The van der Waals surface area contributed by atoms with E-state index >= 15 is 0 Å². The molecule has 56 valence electrons.